The Morgan fingerprint density at radius 1 is 1.26 bits per heavy atom. The van der Waals surface area contributed by atoms with Crippen molar-refractivity contribution in [1.82, 2.24) is 29.4 Å². The van der Waals surface area contributed by atoms with E-state index in [4.69, 9.17) is 4.98 Å². The molecule has 0 aliphatic carbocycles. The summed E-state index contributed by atoms with van der Waals surface area (Å²) in [6.45, 7) is 5.27. The highest BCUT2D eigenvalue weighted by Crippen LogP contribution is 2.28. The van der Waals surface area contributed by atoms with Gasteiger partial charge in [0.2, 0.25) is 0 Å². The molecule has 0 spiro atoms. The van der Waals surface area contributed by atoms with Crippen LogP contribution in [0.1, 0.15) is 45.6 Å². The number of rotatable bonds is 3. The fourth-order valence-electron chi connectivity index (χ4n) is 3.52. The van der Waals surface area contributed by atoms with Gasteiger partial charge in [-0.1, -0.05) is 0 Å². The third-order valence-corrected chi connectivity index (χ3v) is 5.85. The summed E-state index contributed by atoms with van der Waals surface area (Å²) in [6, 6.07) is 1.96. The van der Waals surface area contributed by atoms with E-state index in [0.29, 0.717) is 6.54 Å². The number of aromatic nitrogens is 5. The minimum absolute atomic E-state index is 0.0664. The van der Waals surface area contributed by atoms with E-state index >= 15 is 0 Å². The Morgan fingerprint density at radius 2 is 2.11 bits per heavy atom. The Hall–Kier alpha value is -2.61. The number of hydrogen-bond acceptors (Lipinski definition) is 6. The number of imidazole rings is 1. The van der Waals surface area contributed by atoms with E-state index in [1.54, 1.807) is 11.7 Å². The molecular formula is C19H22N6OS. The lowest BCUT2D eigenvalue weighted by atomic mass is 9.96. The van der Waals surface area contributed by atoms with Gasteiger partial charge in [0, 0.05) is 44.1 Å². The normalized spacial score (nSPS) is 17.3. The summed E-state index contributed by atoms with van der Waals surface area (Å²) in [4.78, 5) is 33.6. The smallest absolute Gasteiger partial charge is 0.265 e. The molecule has 27 heavy (non-hydrogen) atoms. The fourth-order valence-corrected chi connectivity index (χ4v) is 4.29. The molecule has 140 valence electrons. The Bertz CT molecular complexity index is 978. The third kappa shape index (κ3) is 3.49. The lowest BCUT2D eigenvalue weighted by Gasteiger charge is -2.32. The zero-order valence-electron chi connectivity index (χ0n) is 15.7. The standard InChI is InChI=1S/C19H22N6OS/c1-12-9-15(18-20-6-8-24(18)3)23-17(22-12)14-5-4-7-25(10-14)19(26)16-13(2)21-11-27-16/h6,8-9,11,14H,4-5,7,10H2,1-3H3/t14-/m0/s1. The number of carbonyl (C=O) groups excluding carboxylic acids is 1. The predicted octanol–water partition coefficient (Wildman–Crippen LogP) is 2.97. The maximum Gasteiger partial charge on any atom is 0.265 e. The summed E-state index contributed by atoms with van der Waals surface area (Å²) in [7, 11) is 1.96. The first kappa shape index (κ1) is 17.8. The molecule has 0 bridgehead atoms. The van der Waals surface area contributed by atoms with Crippen LogP contribution in [0.15, 0.2) is 24.0 Å². The molecule has 3 aromatic rings. The molecule has 0 aromatic carbocycles. The van der Waals surface area contributed by atoms with Gasteiger partial charge in [0.15, 0.2) is 5.82 Å². The van der Waals surface area contributed by atoms with Crippen LogP contribution in [-0.4, -0.2) is 48.4 Å². The van der Waals surface area contributed by atoms with Crippen molar-refractivity contribution in [2.24, 2.45) is 7.05 Å². The van der Waals surface area contributed by atoms with E-state index < -0.39 is 0 Å². The van der Waals surface area contributed by atoms with Gasteiger partial charge in [-0.15, -0.1) is 11.3 Å². The number of hydrogen-bond donors (Lipinski definition) is 0. The van der Waals surface area contributed by atoms with Gasteiger partial charge in [-0.05, 0) is 32.8 Å². The molecule has 4 heterocycles. The van der Waals surface area contributed by atoms with Gasteiger partial charge in [0.1, 0.15) is 16.4 Å². The number of thiazole rings is 1. The fraction of sp³-hybridized carbons (Fsp3) is 0.421. The summed E-state index contributed by atoms with van der Waals surface area (Å²) in [5, 5.41) is 0. The zero-order chi connectivity index (χ0) is 19.0. The second-order valence-corrected chi connectivity index (χ2v) is 7.83. The third-order valence-electron chi connectivity index (χ3n) is 4.94. The van der Waals surface area contributed by atoms with Crippen molar-refractivity contribution in [3.63, 3.8) is 0 Å². The van der Waals surface area contributed by atoms with Crippen LogP contribution >= 0.6 is 11.3 Å². The van der Waals surface area contributed by atoms with Crippen LogP contribution < -0.4 is 0 Å². The maximum atomic E-state index is 12.9. The second kappa shape index (κ2) is 7.19. The van der Waals surface area contributed by atoms with Crippen molar-refractivity contribution in [2.45, 2.75) is 32.6 Å². The second-order valence-electron chi connectivity index (χ2n) is 6.97. The number of amides is 1. The first-order valence-corrected chi connectivity index (χ1v) is 9.93. The van der Waals surface area contributed by atoms with Gasteiger partial charge < -0.3 is 9.47 Å². The van der Waals surface area contributed by atoms with Crippen molar-refractivity contribution in [2.75, 3.05) is 13.1 Å². The van der Waals surface area contributed by atoms with E-state index in [0.717, 1.165) is 53.0 Å². The van der Waals surface area contributed by atoms with Gasteiger partial charge in [0.25, 0.3) is 5.91 Å². The van der Waals surface area contributed by atoms with E-state index in [1.165, 1.54) is 11.3 Å². The average Bonchev–Trinajstić information content (AvgIpc) is 3.29. The predicted molar refractivity (Wildman–Crippen MR) is 104 cm³/mol. The van der Waals surface area contributed by atoms with E-state index in [9.17, 15) is 4.79 Å². The topological polar surface area (TPSA) is 76.8 Å². The summed E-state index contributed by atoms with van der Waals surface area (Å²) >= 11 is 1.41. The number of piperidine rings is 1. The Balaban J connectivity index is 1.60. The van der Waals surface area contributed by atoms with Crippen molar-refractivity contribution < 1.29 is 4.79 Å². The van der Waals surface area contributed by atoms with E-state index in [2.05, 4.69) is 15.0 Å². The van der Waals surface area contributed by atoms with Gasteiger partial charge in [-0.3, -0.25) is 4.79 Å². The number of carbonyl (C=O) groups is 1. The molecule has 7 nitrogen and oxygen atoms in total. The SMILES string of the molecule is Cc1cc(-c2nccn2C)nc([C@H]2CCCN(C(=O)c3scnc3C)C2)n1. The molecule has 3 aromatic heterocycles. The first-order chi connectivity index (χ1) is 13.0. The lowest BCUT2D eigenvalue weighted by molar-refractivity contribution is 0.0708. The summed E-state index contributed by atoms with van der Waals surface area (Å²) in [6.07, 6.45) is 5.61. The van der Waals surface area contributed by atoms with Crippen molar-refractivity contribution >= 4 is 17.2 Å². The molecule has 4 rings (SSSR count). The Labute approximate surface area is 162 Å². The van der Waals surface area contributed by atoms with Crippen LogP contribution in [0.3, 0.4) is 0 Å². The molecular weight excluding hydrogens is 360 g/mol. The molecule has 0 radical (unpaired) electrons. The summed E-state index contributed by atoms with van der Waals surface area (Å²) < 4.78 is 1.95. The van der Waals surface area contributed by atoms with Gasteiger partial charge >= 0.3 is 0 Å². The molecule has 1 atom stereocenters. The molecule has 0 N–H and O–H groups in total. The van der Waals surface area contributed by atoms with Crippen molar-refractivity contribution in [3.05, 3.63) is 46.1 Å². The summed E-state index contributed by atoms with van der Waals surface area (Å²) in [5.74, 6) is 1.82. The van der Waals surface area contributed by atoms with Crippen molar-refractivity contribution in [1.29, 1.82) is 0 Å². The zero-order valence-corrected chi connectivity index (χ0v) is 16.5. The van der Waals surface area contributed by atoms with Crippen molar-refractivity contribution in [3.8, 4) is 11.5 Å². The molecule has 1 saturated heterocycles. The molecule has 1 fully saturated rings. The molecule has 1 aliphatic heterocycles. The van der Waals surface area contributed by atoms with Gasteiger partial charge in [0.05, 0.1) is 11.2 Å². The van der Waals surface area contributed by atoms with E-state index in [-0.39, 0.29) is 11.8 Å². The van der Waals surface area contributed by atoms with E-state index in [1.807, 2.05) is 42.6 Å². The van der Waals surface area contributed by atoms with Gasteiger partial charge in [-0.25, -0.2) is 19.9 Å². The number of nitrogens with zero attached hydrogens (tertiary/aromatic N) is 6. The highest BCUT2D eigenvalue weighted by molar-refractivity contribution is 7.11. The summed E-state index contributed by atoms with van der Waals surface area (Å²) in [5.41, 5.74) is 4.27. The quantitative estimate of drug-likeness (QED) is 0.696. The molecule has 0 unspecified atom stereocenters. The Morgan fingerprint density at radius 3 is 2.81 bits per heavy atom. The van der Waals surface area contributed by atoms with Crippen LogP contribution in [0.4, 0.5) is 0 Å². The minimum atomic E-state index is 0.0664. The van der Waals surface area contributed by atoms with Crippen LogP contribution in [0.5, 0.6) is 0 Å². The minimum Gasteiger partial charge on any atom is -0.337 e. The molecule has 0 saturated carbocycles. The number of aryl methyl sites for hydroxylation is 3. The van der Waals surface area contributed by atoms with Gasteiger partial charge in [-0.2, -0.15) is 0 Å². The van der Waals surface area contributed by atoms with Crippen LogP contribution in [-0.2, 0) is 7.05 Å². The maximum absolute atomic E-state index is 12.9. The average molecular weight is 382 g/mol. The monoisotopic (exact) mass is 382 g/mol. The van der Waals surface area contributed by atoms with Crippen LogP contribution in [0.25, 0.3) is 11.5 Å². The van der Waals surface area contributed by atoms with Crippen LogP contribution in [0, 0.1) is 13.8 Å². The highest BCUT2D eigenvalue weighted by Gasteiger charge is 2.29. The lowest BCUT2D eigenvalue weighted by Crippen LogP contribution is -2.39. The largest absolute Gasteiger partial charge is 0.337 e. The number of likely N-dealkylation sites (tertiary alicyclic amines) is 1. The Kier molecular flexibility index (Phi) is 4.73. The first-order valence-electron chi connectivity index (χ1n) is 9.05. The molecule has 1 aliphatic rings. The van der Waals surface area contributed by atoms with Crippen LogP contribution in [0.2, 0.25) is 0 Å². The molecule has 1 amide bonds. The highest BCUT2D eigenvalue weighted by atomic mass is 32.1. The molecule has 8 heteroatoms.